The summed E-state index contributed by atoms with van der Waals surface area (Å²) in [6.45, 7) is 6.90. The van der Waals surface area contributed by atoms with E-state index in [-0.39, 0.29) is 29.9 Å². The molecule has 1 saturated heterocycles. The largest absolute Gasteiger partial charge is 0.352 e. The van der Waals surface area contributed by atoms with Crippen molar-refractivity contribution in [3.05, 3.63) is 82.7 Å². The summed E-state index contributed by atoms with van der Waals surface area (Å²) in [5.41, 5.74) is 6.64. The highest BCUT2D eigenvalue weighted by Gasteiger charge is 2.20. The summed E-state index contributed by atoms with van der Waals surface area (Å²) < 4.78 is 1.99. The molecule has 1 amide bonds. The van der Waals surface area contributed by atoms with Gasteiger partial charge < -0.3 is 15.5 Å². The fraction of sp³-hybridized carbons (Fsp3) is 0.346. The molecule has 2 aromatic carbocycles. The number of nitrogens with one attached hydrogen (secondary N) is 2. The van der Waals surface area contributed by atoms with Crippen molar-refractivity contribution >= 4 is 35.8 Å². The molecule has 0 unspecified atom stereocenters. The number of carbonyl (C=O) groups excluding carboxylic acids is 1. The van der Waals surface area contributed by atoms with E-state index in [4.69, 9.17) is 0 Å². The Labute approximate surface area is 218 Å². The Balaban J connectivity index is 0.00000324. The second-order valence-electron chi connectivity index (χ2n) is 8.49. The van der Waals surface area contributed by atoms with Crippen LogP contribution < -0.4 is 10.6 Å². The maximum atomic E-state index is 11.9. The minimum absolute atomic E-state index is 0. The first-order chi connectivity index (χ1) is 16.0. The average Bonchev–Trinajstić information content (AvgIpc) is 3.38. The third-order valence-corrected chi connectivity index (χ3v) is 5.90. The highest BCUT2D eigenvalue weighted by molar-refractivity contribution is 14.0. The SMILES string of the molecule is CN=C(NCc1cccc(CN2CCCC2=O)c1)NCc1ccccc1-n1nc(C)cc1C.I. The lowest BCUT2D eigenvalue weighted by atomic mass is 10.1. The standard InChI is InChI=1S/C26H32N6O.HI/c1-19-14-20(2)32(30-19)24-11-5-4-10-23(24)17-29-26(27-3)28-16-21-8-6-9-22(15-21)18-31-13-7-12-25(31)33;/h4-6,8-11,14-15H,7,12-13,16-18H2,1-3H3,(H2,27,28,29);1H. The van der Waals surface area contributed by atoms with Gasteiger partial charge in [0.1, 0.15) is 0 Å². The molecular formula is C26H33IN6O. The Kier molecular flexibility index (Phi) is 9.09. The first-order valence-electron chi connectivity index (χ1n) is 11.4. The fourth-order valence-corrected chi connectivity index (χ4v) is 4.25. The van der Waals surface area contributed by atoms with Crippen molar-refractivity contribution in [3.8, 4) is 5.69 Å². The molecule has 8 heteroatoms. The lowest BCUT2D eigenvalue weighted by Gasteiger charge is -2.17. The van der Waals surface area contributed by atoms with Crippen LogP contribution in [0.25, 0.3) is 5.69 Å². The fourth-order valence-electron chi connectivity index (χ4n) is 4.25. The van der Waals surface area contributed by atoms with Crippen molar-refractivity contribution in [2.75, 3.05) is 13.6 Å². The van der Waals surface area contributed by atoms with Crippen molar-refractivity contribution in [1.82, 2.24) is 25.3 Å². The molecule has 0 atom stereocenters. The first-order valence-corrected chi connectivity index (χ1v) is 11.4. The van der Waals surface area contributed by atoms with E-state index < -0.39 is 0 Å². The molecule has 34 heavy (non-hydrogen) atoms. The van der Waals surface area contributed by atoms with Crippen LogP contribution in [0, 0.1) is 13.8 Å². The molecule has 3 aromatic rings. The molecule has 2 heterocycles. The number of halogens is 1. The van der Waals surface area contributed by atoms with Crippen LogP contribution in [0.4, 0.5) is 0 Å². The molecule has 7 nitrogen and oxygen atoms in total. The molecule has 4 rings (SSSR count). The summed E-state index contributed by atoms with van der Waals surface area (Å²) in [5, 5.41) is 11.4. The summed E-state index contributed by atoms with van der Waals surface area (Å²) >= 11 is 0. The zero-order valence-corrected chi connectivity index (χ0v) is 22.4. The highest BCUT2D eigenvalue weighted by Crippen LogP contribution is 2.17. The van der Waals surface area contributed by atoms with Gasteiger partial charge >= 0.3 is 0 Å². The summed E-state index contributed by atoms with van der Waals surface area (Å²) in [6, 6.07) is 18.7. The van der Waals surface area contributed by atoms with Crippen LogP contribution in [0.3, 0.4) is 0 Å². The summed E-state index contributed by atoms with van der Waals surface area (Å²) in [6.07, 6.45) is 1.64. The van der Waals surface area contributed by atoms with Gasteiger partial charge in [0.2, 0.25) is 5.91 Å². The summed E-state index contributed by atoms with van der Waals surface area (Å²) in [7, 11) is 1.78. The molecule has 1 fully saturated rings. The molecular weight excluding hydrogens is 539 g/mol. The number of aliphatic imine (C=N–C) groups is 1. The number of likely N-dealkylation sites (tertiary alicyclic amines) is 1. The predicted molar refractivity (Wildman–Crippen MR) is 147 cm³/mol. The van der Waals surface area contributed by atoms with Crippen molar-refractivity contribution in [2.45, 2.75) is 46.3 Å². The van der Waals surface area contributed by atoms with Gasteiger partial charge in [-0.15, -0.1) is 24.0 Å². The number of guanidine groups is 1. The number of hydrogen-bond donors (Lipinski definition) is 2. The van der Waals surface area contributed by atoms with Crippen LogP contribution in [0.15, 0.2) is 59.6 Å². The van der Waals surface area contributed by atoms with E-state index in [9.17, 15) is 4.79 Å². The molecule has 0 bridgehead atoms. The van der Waals surface area contributed by atoms with E-state index in [2.05, 4.69) is 64.0 Å². The lowest BCUT2D eigenvalue weighted by Crippen LogP contribution is -2.36. The van der Waals surface area contributed by atoms with E-state index >= 15 is 0 Å². The van der Waals surface area contributed by atoms with E-state index in [0.29, 0.717) is 26.1 Å². The van der Waals surface area contributed by atoms with Crippen molar-refractivity contribution in [2.24, 2.45) is 4.99 Å². The number of hydrogen-bond acceptors (Lipinski definition) is 3. The van der Waals surface area contributed by atoms with E-state index in [1.54, 1.807) is 7.05 Å². The van der Waals surface area contributed by atoms with Gasteiger partial charge in [0.05, 0.1) is 11.4 Å². The Morgan fingerprint density at radius 3 is 2.50 bits per heavy atom. The molecule has 1 aliphatic heterocycles. The Morgan fingerprint density at radius 2 is 1.79 bits per heavy atom. The third-order valence-electron chi connectivity index (χ3n) is 5.90. The van der Waals surface area contributed by atoms with Gasteiger partial charge in [0, 0.05) is 45.3 Å². The second kappa shape index (κ2) is 12.0. The second-order valence-corrected chi connectivity index (χ2v) is 8.49. The van der Waals surface area contributed by atoms with Crippen molar-refractivity contribution in [1.29, 1.82) is 0 Å². The topological polar surface area (TPSA) is 74.6 Å². The average molecular weight is 572 g/mol. The Hall–Kier alpha value is -2.88. The van der Waals surface area contributed by atoms with Crippen molar-refractivity contribution < 1.29 is 4.79 Å². The summed E-state index contributed by atoms with van der Waals surface area (Å²) in [5.74, 6) is 0.988. The number of carbonyl (C=O) groups is 1. The monoisotopic (exact) mass is 572 g/mol. The van der Waals surface area contributed by atoms with E-state index in [1.165, 1.54) is 0 Å². The minimum Gasteiger partial charge on any atom is -0.352 e. The number of rotatable bonds is 7. The quantitative estimate of drug-likeness (QED) is 0.254. The number of amides is 1. The maximum Gasteiger partial charge on any atom is 0.222 e. The Morgan fingerprint density at radius 1 is 1.03 bits per heavy atom. The van der Waals surface area contributed by atoms with Crippen LogP contribution in [-0.4, -0.2) is 40.1 Å². The molecule has 1 aromatic heterocycles. The van der Waals surface area contributed by atoms with Gasteiger partial charge in [0.15, 0.2) is 5.96 Å². The number of benzene rings is 2. The highest BCUT2D eigenvalue weighted by atomic mass is 127. The van der Waals surface area contributed by atoms with Gasteiger partial charge in [-0.25, -0.2) is 4.68 Å². The number of para-hydroxylation sites is 1. The smallest absolute Gasteiger partial charge is 0.222 e. The van der Waals surface area contributed by atoms with Crippen LogP contribution in [0.5, 0.6) is 0 Å². The van der Waals surface area contributed by atoms with E-state index in [0.717, 1.165) is 52.7 Å². The van der Waals surface area contributed by atoms with E-state index in [1.807, 2.05) is 34.7 Å². The Bertz CT molecular complexity index is 1160. The molecule has 0 spiro atoms. The third kappa shape index (κ3) is 6.37. The zero-order valence-electron chi connectivity index (χ0n) is 20.0. The normalized spacial score (nSPS) is 13.7. The van der Waals surface area contributed by atoms with Crippen LogP contribution in [0.1, 0.15) is 40.9 Å². The number of aromatic nitrogens is 2. The van der Waals surface area contributed by atoms with Crippen LogP contribution in [-0.2, 0) is 24.4 Å². The molecule has 1 aliphatic rings. The minimum atomic E-state index is 0. The molecule has 0 aliphatic carbocycles. The van der Waals surface area contributed by atoms with Gasteiger partial charge in [-0.1, -0.05) is 42.5 Å². The number of aryl methyl sites for hydroxylation is 2. The number of nitrogens with zero attached hydrogens (tertiary/aromatic N) is 4. The van der Waals surface area contributed by atoms with Crippen molar-refractivity contribution in [3.63, 3.8) is 0 Å². The predicted octanol–water partition coefficient (Wildman–Crippen LogP) is 4.09. The van der Waals surface area contributed by atoms with Gasteiger partial charge in [-0.3, -0.25) is 9.79 Å². The zero-order chi connectivity index (χ0) is 23.2. The molecule has 180 valence electrons. The molecule has 2 N–H and O–H groups in total. The van der Waals surface area contributed by atoms with Gasteiger partial charge in [-0.05, 0) is 49.1 Å². The maximum absolute atomic E-state index is 11.9. The van der Waals surface area contributed by atoms with Crippen LogP contribution >= 0.6 is 24.0 Å². The first kappa shape index (κ1) is 25.7. The molecule has 0 radical (unpaired) electrons. The summed E-state index contributed by atoms with van der Waals surface area (Å²) in [4.78, 5) is 18.2. The lowest BCUT2D eigenvalue weighted by molar-refractivity contribution is -0.128. The molecule has 0 saturated carbocycles. The van der Waals surface area contributed by atoms with Crippen LogP contribution in [0.2, 0.25) is 0 Å². The van der Waals surface area contributed by atoms with Gasteiger partial charge in [0.25, 0.3) is 0 Å². The van der Waals surface area contributed by atoms with Gasteiger partial charge in [-0.2, -0.15) is 5.10 Å².